The molecule has 1 aromatic carbocycles. The zero-order chi connectivity index (χ0) is 10.4. The molecule has 0 unspecified atom stereocenters. The Hall–Kier alpha value is -1.49. The molecule has 0 aromatic heterocycles. The maximum absolute atomic E-state index is 11.2. The van der Waals surface area contributed by atoms with Crippen LogP contribution in [0.2, 0.25) is 0 Å². The summed E-state index contributed by atoms with van der Waals surface area (Å²) in [6.07, 6.45) is 0. The zero-order valence-electron chi connectivity index (χ0n) is 7.40. The first kappa shape index (κ1) is 10.6. The number of benzene rings is 1. The number of hydrogen-bond donors (Lipinski definition) is 2. The molecule has 0 fully saturated rings. The Kier molecular flexibility index (Phi) is 4.00. The van der Waals surface area contributed by atoms with Gasteiger partial charge in [-0.15, -0.1) is 0 Å². The van der Waals surface area contributed by atoms with E-state index in [1.807, 2.05) is 30.3 Å². The van der Waals surface area contributed by atoms with Crippen molar-refractivity contribution >= 4 is 22.9 Å². The van der Waals surface area contributed by atoms with Gasteiger partial charge in [-0.3, -0.25) is 4.79 Å². The zero-order valence-corrected chi connectivity index (χ0v) is 8.21. The van der Waals surface area contributed by atoms with Crippen LogP contribution in [0.25, 0.3) is 0 Å². The second-order valence-corrected chi connectivity index (χ2v) is 3.64. The van der Waals surface area contributed by atoms with Gasteiger partial charge in [-0.05, 0) is 12.1 Å². The highest BCUT2D eigenvalue weighted by Gasteiger charge is 2.04. The summed E-state index contributed by atoms with van der Waals surface area (Å²) in [5.74, 6) is 0. The maximum Gasteiger partial charge on any atom is 0.312 e. The minimum Gasteiger partial charge on any atom is -0.352 e. The van der Waals surface area contributed by atoms with Crippen molar-refractivity contribution in [2.45, 2.75) is 4.90 Å². The van der Waals surface area contributed by atoms with E-state index in [1.54, 1.807) is 0 Å². The smallest absolute Gasteiger partial charge is 0.312 e. The minimum absolute atomic E-state index is 0.0467. The van der Waals surface area contributed by atoms with Crippen LogP contribution in [0.1, 0.15) is 0 Å². The van der Waals surface area contributed by atoms with E-state index in [0.29, 0.717) is 0 Å². The van der Waals surface area contributed by atoms with E-state index in [9.17, 15) is 9.59 Å². The fraction of sp³-hybridized carbons (Fsp3) is 0.111. The molecule has 0 aliphatic rings. The van der Waals surface area contributed by atoms with Gasteiger partial charge in [0.1, 0.15) is 0 Å². The van der Waals surface area contributed by atoms with E-state index in [1.165, 1.54) is 0 Å². The molecular formula is C9H10N2O2S. The van der Waals surface area contributed by atoms with Crippen LogP contribution in [0.4, 0.5) is 4.79 Å². The quantitative estimate of drug-likeness (QED) is 0.730. The van der Waals surface area contributed by atoms with Gasteiger partial charge in [0.25, 0.3) is 0 Å². The summed E-state index contributed by atoms with van der Waals surface area (Å²) < 4.78 is 0. The van der Waals surface area contributed by atoms with Gasteiger partial charge in [0.15, 0.2) is 0 Å². The first-order chi connectivity index (χ1) is 6.68. The third-order valence-electron chi connectivity index (χ3n) is 1.38. The maximum atomic E-state index is 11.2. The van der Waals surface area contributed by atoms with E-state index in [4.69, 9.17) is 5.73 Å². The standard InChI is InChI=1S/C9H10N2O2S/c10-9(13)11-6-8(12)14-7-4-2-1-3-5-7/h1-5H,6H2,(H3,10,11,13). The molecule has 74 valence electrons. The van der Waals surface area contributed by atoms with Gasteiger partial charge >= 0.3 is 6.03 Å². The number of rotatable bonds is 3. The summed E-state index contributed by atoms with van der Waals surface area (Å²) >= 11 is 1.08. The number of amides is 2. The summed E-state index contributed by atoms with van der Waals surface area (Å²) in [5.41, 5.74) is 4.82. The van der Waals surface area contributed by atoms with Crippen molar-refractivity contribution in [2.24, 2.45) is 5.73 Å². The molecule has 0 radical (unpaired) electrons. The number of nitrogens with one attached hydrogen (secondary N) is 1. The van der Waals surface area contributed by atoms with Crippen LogP contribution in [-0.4, -0.2) is 17.7 Å². The molecule has 0 atom stereocenters. The number of urea groups is 1. The number of primary amides is 1. The van der Waals surface area contributed by atoms with Gasteiger partial charge in [-0.25, -0.2) is 4.79 Å². The lowest BCUT2D eigenvalue weighted by Gasteiger charge is -2.00. The number of hydrogen-bond acceptors (Lipinski definition) is 3. The Balaban J connectivity index is 2.38. The molecule has 1 aromatic rings. The van der Waals surface area contributed by atoms with Gasteiger partial charge in [-0.1, -0.05) is 30.0 Å². The number of nitrogens with two attached hydrogens (primary N) is 1. The molecule has 0 bridgehead atoms. The Morgan fingerprint density at radius 3 is 2.50 bits per heavy atom. The van der Waals surface area contributed by atoms with Crippen LogP contribution in [0.15, 0.2) is 35.2 Å². The second-order valence-electron chi connectivity index (χ2n) is 2.50. The lowest BCUT2D eigenvalue weighted by molar-refractivity contribution is -0.110. The predicted molar refractivity (Wildman–Crippen MR) is 54.9 cm³/mol. The fourth-order valence-corrected chi connectivity index (χ4v) is 1.52. The van der Waals surface area contributed by atoms with Crippen molar-refractivity contribution in [3.8, 4) is 0 Å². The fourth-order valence-electron chi connectivity index (χ4n) is 0.815. The summed E-state index contributed by atoms with van der Waals surface area (Å²) in [4.78, 5) is 22.4. The Morgan fingerprint density at radius 2 is 1.93 bits per heavy atom. The second kappa shape index (κ2) is 5.29. The highest BCUT2D eigenvalue weighted by atomic mass is 32.2. The summed E-state index contributed by atoms with van der Waals surface area (Å²) in [7, 11) is 0. The Labute approximate surface area is 85.9 Å². The van der Waals surface area contributed by atoms with E-state index < -0.39 is 6.03 Å². The van der Waals surface area contributed by atoms with Crippen molar-refractivity contribution in [2.75, 3.05) is 6.54 Å². The van der Waals surface area contributed by atoms with Gasteiger partial charge in [0.2, 0.25) is 5.12 Å². The van der Waals surface area contributed by atoms with Crippen molar-refractivity contribution < 1.29 is 9.59 Å². The molecule has 0 saturated heterocycles. The van der Waals surface area contributed by atoms with Gasteiger partial charge in [0.05, 0.1) is 6.54 Å². The lowest BCUT2D eigenvalue weighted by atomic mass is 10.4. The summed E-state index contributed by atoms with van der Waals surface area (Å²) in [5, 5.41) is 2.09. The predicted octanol–water partition coefficient (Wildman–Crippen LogP) is 0.974. The molecule has 2 amide bonds. The average Bonchev–Trinajstić information content (AvgIpc) is 2.16. The first-order valence-electron chi connectivity index (χ1n) is 3.97. The largest absolute Gasteiger partial charge is 0.352 e. The van der Waals surface area contributed by atoms with Crippen molar-refractivity contribution in [3.63, 3.8) is 0 Å². The van der Waals surface area contributed by atoms with Crippen molar-refractivity contribution in [3.05, 3.63) is 30.3 Å². The topological polar surface area (TPSA) is 72.2 Å². The minimum atomic E-state index is -0.688. The molecule has 3 N–H and O–H groups in total. The van der Waals surface area contributed by atoms with Gasteiger partial charge in [0, 0.05) is 4.90 Å². The molecule has 4 nitrogen and oxygen atoms in total. The molecule has 0 spiro atoms. The molecule has 1 rings (SSSR count). The van der Waals surface area contributed by atoms with Crippen LogP contribution in [0.3, 0.4) is 0 Å². The van der Waals surface area contributed by atoms with Crippen LogP contribution in [-0.2, 0) is 4.79 Å². The average molecular weight is 210 g/mol. The third-order valence-corrected chi connectivity index (χ3v) is 2.26. The third kappa shape index (κ3) is 3.95. The molecule has 0 saturated carbocycles. The number of carbonyl (C=O) groups is 2. The first-order valence-corrected chi connectivity index (χ1v) is 4.79. The van der Waals surface area contributed by atoms with Crippen molar-refractivity contribution in [1.29, 1.82) is 0 Å². The summed E-state index contributed by atoms with van der Waals surface area (Å²) in [6, 6.07) is 8.52. The van der Waals surface area contributed by atoms with E-state index in [-0.39, 0.29) is 11.7 Å². The van der Waals surface area contributed by atoms with Crippen LogP contribution >= 0.6 is 11.8 Å². The highest BCUT2D eigenvalue weighted by molar-refractivity contribution is 8.13. The molecule has 0 aliphatic carbocycles. The van der Waals surface area contributed by atoms with Crippen molar-refractivity contribution in [1.82, 2.24) is 5.32 Å². The van der Waals surface area contributed by atoms with Crippen LogP contribution in [0.5, 0.6) is 0 Å². The van der Waals surface area contributed by atoms with Gasteiger partial charge in [-0.2, -0.15) is 0 Å². The van der Waals surface area contributed by atoms with Crippen LogP contribution in [0, 0.1) is 0 Å². The molecule has 0 aliphatic heterocycles. The molecular weight excluding hydrogens is 200 g/mol. The monoisotopic (exact) mass is 210 g/mol. The Bertz CT molecular complexity index is 327. The van der Waals surface area contributed by atoms with E-state index in [0.717, 1.165) is 16.7 Å². The summed E-state index contributed by atoms with van der Waals surface area (Å²) in [6.45, 7) is -0.0467. The van der Waals surface area contributed by atoms with E-state index in [2.05, 4.69) is 5.32 Å². The van der Waals surface area contributed by atoms with E-state index >= 15 is 0 Å². The molecule has 0 heterocycles. The molecule has 5 heteroatoms. The van der Waals surface area contributed by atoms with Gasteiger partial charge < -0.3 is 11.1 Å². The normalized spacial score (nSPS) is 9.43. The number of thioether (sulfide) groups is 1. The Morgan fingerprint density at radius 1 is 1.29 bits per heavy atom. The molecule has 14 heavy (non-hydrogen) atoms. The highest BCUT2D eigenvalue weighted by Crippen LogP contribution is 2.16. The SMILES string of the molecule is NC(=O)NCC(=O)Sc1ccccc1. The van der Waals surface area contributed by atoms with Crippen LogP contribution < -0.4 is 11.1 Å². The lowest BCUT2D eigenvalue weighted by Crippen LogP contribution is -2.32. The number of carbonyl (C=O) groups excluding carboxylic acids is 2.